The van der Waals surface area contributed by atoms with Gasteiger partial charge in [0.25, 0.3) is 0 Å². The average molecular weight is 279 g/mol. The zero-order valence-electron chi connectivity index (χ0n) is 9.03. The average Bonchev–Trinajstić information content (AvgIpc) is 2.52. The molecule has 0 spiro atoms. The Kier molecular flexibility index (Phi) is 3.30. The molecule has 4 N–H and O–H groups in total. The summed E-state index contributed by atoms with van der Waals surface area (Å²) < 4.78 is 28.3. The van der Waals surface area contributed by atoms with Crippen LogP contribution >= 0.6 is 11.8 Å². The number of nitrogens with two attached hydrogens (primary N) is 1. The molecule has 0 aliphatic carbocycles. The summed E-state index contributed by atoms with van der Waals surface area (Å²) in [5, 5.41) is 15.7. The SMILES string of the molecule is Nc1ccn([C@@H]2S[C@H](CO)C(O)C2(F)F)c(=O)n1. The van der Waals surface area contributed by atoms with Gasteiger partial charge in [0.15, 0.2) is 5.37 Å². The fourth-order valence-corrected chi connectivity index (χ4v) is 3.08. The third-order valence-electron chi connectivity index (χ3n) is 2.66. The summed E-state index contributed by atoms with van der Waals surface area (Å²) in [7, 11) is 0. The molecule has 2 rings (SSSR count). The van der Waals surface area contributed by atoms with Crippen molar-refractivity contribution in [3.05, 3.63) is 22.7 Å². The summed E-state index contributed by atoms with van der Waals surface area (Å²) in [6.07, 6.45) is -0.912. The number of anilines is 1. The highest BCUT2D eigenvalue weighted by Crippen LogP contribution is 2.51. The number of hydrogen-bond donors (Lipinski definition) is 3. The van der Waals surface area contributed by atoms with E-state index in [0.717, 1.165) is 6.20 Å². The lowest BCUT2D eigenvalue weighted by molar-refractivity contribution is -0.114. The van der Waals surface area contributed by atoms with Gasteiger partial charge in [0, 0.05) is 6.20 Å². The summed E-state index contributed by atoms with van der Waals surface area (Å²) in [6, 6.07) is 1.22. The van der Waals surface area contributed by atoms with E-state index in [9.17, 15) is 18.7 Å². The van der Waals surface area contributed by atoms with E-state index in [-0.39, 0.29) is 5.82 Å². The number of aliphatic hydroxyl groups is 2. The van der Waals surface area contributed by atoms with Crippen LogP contribution in [0.15, 0.2) is 17.1 Å². The Bertz CT molecular complexity index is 510. The van der Waals surface area contributed by atoms with Gasteiger partial charge in [-0.15, -0.1) is 11.8 Å². The fraction of sp³-hybridized carbons (Fsp3) is 0.556. The molecule has 1 aromatic heterocycles. The van der Waals surface area contributed by atoms with Crippen molar-refractivity contribution in [2.45, 2.75) is 22.7 Å². The van der Waals surface area contributed by atoms with E-state index in [1.54, 1.807) is 0 Å². The van der Waals surface area contributed by atoms with Crippen LogP contribution in [-0.2, 0) is 0 Å². The number of nitrogen functional groups attached to an aromatic ring is 1. The zero-order chi connectivity index (χ0) is 13.5. The maximum Gasteiger partial charge on any atom is 0.350 e. The lowest BCUT2D eigenvalue weighted by Crippen LogP contribution is -2.41. The van der Waals surface area contributed by atoms with Crippen LogP contribution in [0.2, 0.25) is 0 Å². The minimum Gasteiger partial charge on any atom is -0.395 e. The van der Waals surface area contributed by atoms with E-state index in [1.165, 1.54) is 6.07 Å². The second kappa shape index (κ2) is 4.48. The fourth-order valence-electron chi connectivity index (χ4n) is 1.72. The normalized spacial score (nSPS) is 30.6. The molecule has 0 bridgehead atoms. The smallest absolute Gasteiger partial charge is 0.350 e. The first-order valence-electron chi connectivity index (χ1n) is 5.04. The number of aromatic nitrogens is 2. The summed E-state index contributed by atoms with van der Waals surface area (Å²) in [5.41, 5.74) is 4.35. The van der Waals surface area contributed by atoms with Crippen LogP contribution in [-0.4, -0.2) is 43.6 Å². The molecule has 0 amide bonds. The van der Waals surface area contributed by atoms with E-state index < -0.39 is 34.9 Å². The Hall–Kier alpha value is -1.19. The Morgan fingerprint density at radius 1 is 1.61 bits per heavy atom. The molecule has 1 saturated heterocycles. The van der Waals surface area contributed by atoms with Gasteiger partial charge >= 0.3 is 11.6 Å². The molecular formula is C9H11F2N3O3S. The molecule has 0 aromatic carbocycles. The first-order valence-corrected chi connectivity index (χ1v) is 5.99. The van der Waals surface area contributed by atoms with Gasteiger partial charge in [0.05, 0.1) is 11.9 Å². The van der Waals surface area contributed by atoms with Crippen LogP contribution in [0.4, 0.5) is 14.6 Å². The predicted octanol–water partition coefficient (Wildman–Crippen LogP) is -0.572. The van der Waals surface area contributed by atoms with Crippen molar-refractivity contribution >= 4 is 17.6 Å². The van der Waals surface area contributed by atoms with Crippen molar-refractivity contribution in [1.29, 1.82) is 0 Å². The van der Waals surface area contributed by atoms with Gasteiger partial charge in [-0.05, 0) is 6.07 Å². The molecular weight excluding hydrogens is 268 g/mol. The third kappa shape index (κ3) is 1.98. The second-order valence-corrected chi connectivity index (χ2v) is 5.20. The molecule has 1 aliphatic rings. The van der Waals surface area contributed by atoms with Crippen molar-refractivity contribution < 1.29 is 19.0 Å². The van der Waals surface area contributed by atoms with E-state index >= 15 is 0 Å². The van der Waals surface area contributed by atoms with Crippen molar-refractivity contribution in [2.75, 3.05) is 12.3 Å². The zero-order valence-corrected chi connectivity index (χ0v) is 9.85. The van der Waals surface area contributed by atoms with Crippen molar-refractivity contribution in [1.82, 2.24) is 9.55 Å². The monoisotopic (exact) mass is 279 g/mol. The molecule has 1 aliphatic heterocycles. The highest BCUT2D eigenvalue weighted by molar-refractivity contribution is 8.00. The van der Waals surface area contributed by atoms with E-state index in [1.807, 2.05) is 0 Å². The van der Waals surface area contributed by atoms with Gasteiger partial charge in [-0.2, -0.15) is 4.98 Å². The summed E-state index contributed by atoms with van der Waals surface area (Å²) >= 11 is 0.631. The molecule has 1 aromatic rings. The van der Waals surface area contributed by atoms with Crippen LogP contribution in [0.1, 0.15) is 5.37 Å². The van der Waals surface area contributed by atoms with Crippen LogP contribution < -0.4 is 11.4 Å². The van der Waals surface area contributed by atoms with Crippen molar-refractivity contribution in [2.24, 2.45) is 0 Å². The third-order valence-corrected chi connectivity index (χ3v) is 4.22. The summed E-state index contributed by atoms with van der Waals surface area (Å²) in [5.74, 6) is -3.60. The van der Waals surface area contributed by atoms with E-state index in [2.05, 4.69) is 4.98 Å². The van der Waals surface area contributed by atoms with Crippen LogP contribution in [0, 0.1) is 0 Å². The first-order chi connectivity index (χ1) is 8.37. The number of alkyl halides is 2. The minimum absolute atomic E-state index is 0.0678. The molecule has 3 atom stereocenters. The van der Waals surface area contributed by atoms with Gasteiger partial charge in [-0.3, -0.25) is 4.57 Å². The Morgan fingerprint density at radius 3 is 2.78 bits per heavy atom. The predicted molar refractivity (Wildman–Crippen MR) is 61.4 cm³/mol. The second-order valence-electron chi connectivity index (χ2n) is 3.87. The van der Waals surface area contributed by atoms with Gasteiger partial charge in [0.1, 0.15) is 11.9 Å². The number of hydrogen-bond acceptors (Lipinski definition) is 6. The summed E-state index contributed by atoms with van der Waals surface area (Å²) in [4.78, 5) is 14.9. The number of rotatable bonds is 2. The Balaban J connectivity index is 2.42. The highest BCUT2D eigenvalue weighted by Gasteiger charge is 2.58. The molecule has 9 heteroatoms. The number of nitrogens with zero attached hydrogens (tertiary/aromatic N) is 2. The van der Waals surface area contributed by atoms with Crippen LogP contribution in [0.5, 0.6) is 0 Å². The van der Waals surface area contributed by atoms with E-state index in [4.69, 9.17) is 10.8 Å². The quantitative estimate of drug-likeness (QED) is 0.670. The summed E-state index contributed by atoms with van der Waals surface area (Å²) in [6.45, 7) is -0.602. The molecule has 1 fully saturated rings. The van der Waals surface area contributed by atoms with Crippen LogP contribution in [0.25, 0.3) is 0 Å². The van der Waals surface area contributed by atoms with Gasteiger partial charge in [-0.1, -0.05) is 0 Å². The molecule has 1 unspecified atom stereocenters. The standard InChI is InChI=1S/C9H11F2N3O3S/c10-9(11)6(16)4(3-15)18-7(9)14-2-1-5(12)13-8(14)17/h1-2,4,6-7,15-16H,3H2,(H2,12,13,17)/t4-,6?,7-/m1/s1. The lowest BCUT2D eigenvalue weighted by Gasteiger charge is -2.22. The van der Waals surface area contributed by atoms with Crippen LogP contribution in [0.3, 0.4) is 0 Å². The number of thioether (sulfide) groups is 1. The number of aliphatic hydroxyl groups excluding tert-OH is 2. The molecule has 0 radical (unpaired) electrons. The minimum atomic E-state index is -3.53. The highest BCUT2D eigenvalue weighted by atomic mass is 32.2. The molecule has 2 heterocycles. The van der Waals surface area contributed by atoms with Gasteiger partial charge < -0.3 is 15.9 Å². The number of halogens is 2. The largest absolute Gasteiger partial charge is 0.395 e. The van der Waals surface area contributed by atoms with E-state index in [0.29, 0.717) is 16.3 Å². The molecule has 18 heavy (non-hydrogen) atoms. The van der Waals surface area contributed by atoms with Crippen molar-refractivity contribution in [3.8, 4) is 0 Å². The van der Waals surface area contributed by atoms with Crippen molar-refractivity contribution in [3.63, 3.8) is 0 Å². The topological polar surface area (TPSA) is 101 Å². The molecule has 0 saturated carbocycles. The first kappa shape index (κ1) is 13.2. The maximum atomic E-state index is 13.8. The molecule has 6 nitrogen and oxygen atoms in total. The van der Waals surface area contributed by atoms with Gasteiger partial charge in [-0.25, -0.2) is 13.6 Å². The Morgan fingerprint density at radius 2 is 2.28 bits per heavy atom. The van der Waals surface area contributed by atoms with Gasteiger partial charge in [0.2, 0.25) is 0 Å². The lowest BCUT2D eigenvalue weighted by atomic mass is 10.1. The Labute approximate surface area is 104 Å². The maximum absolute atomic E-state index is 13.8. The molecule has 100 valence electrons.